The van der Waals surface area contributed by atoms with Crippen molar-refractivity contribution < 1.29 is 27.1 Å². The van der Waals surface area contributed by atoms with Crippen molar-refractivity contribution in [2.75, 3.05) is 23.0 Å². The number of amides is 2. The van der Waals surface area contributed by atoms with Gasteiger partial charge in [-0.15, -0.1) is 0 Å². The van der Waals surface area contributed by atoms with Crippen LogP contribution in [-0.2, 0) is 6.18 Å². The van der Waals surface area contributed by atoms with Gasteiger partial charge in [-0.3, -0.25) is 0 Å². The maximum absolute atomic E-state index is 13.5. The van der Waals surface area contributed by atoms with Crippen LogP contribution in [0.25, 0.3) is 11.3 Å². The molecule has 0 radical (unpaired) electrons. The Balaban J connectivity index is 1.44. The minimum absolute atomic E-state index is 0.295. The first kappa shape index (κ1) is 24.4. The monoisotopic (exact) mass is 498 g/mol. The van der Waals surface area contributed by atoms with E-state index >= 15 is 0 Å². The highest BCUT2D eigenvalue weighted by Gasteiger charge is 2.31. The van der Waals surface area contributed by atoms with E-state index < -0.39 is 23.6 Å². The number of halogens is 4. The molecule has 8 nitrogen and oxygen atoms in total. The van der Waals surface area contributed by atoms with Crippen molar-refractivity contribution in [1.29, 1.82) is 0 Å². The van der Waals surface area contributed by atoms with E-state index in [9.17, 15) is 22.4 Å². The van der Waals surface area contributed by atoms with Gasteiger partial charge in [0.25, 0.3) is 0 Å². The summed E-state index contributed by atoms with van der Waals surface area (Å²) in [6.07, 6.45) is -1.58. The largest absolute Gasteiger partial charge is 0.438 e. The first-order valence-corrected chi connectivity index (χ1v) is 10.4. The lowest BCUT2D eigenvalue weighted by atomic mass is 10.2. The number of ether oxygens (including phenoxy) is 1. The molecule has 2 aromatic heterocycles. The van der Waals surface area contributed by atoms with Crippen molar-refractivity contribution in [3.8, 4) is 22.9 Å². The highest BCUT2D eigenvalue weighted by Crippen LogP contribution is 2.32. The Morgan fingerprint density at radius 2 is 1.67 bits per heavy atom. The van der Waals surface area contributed by atoms with E-state index in [1.807, 2.05) is 0 Å². The van der Waals surface area contributed by atoms with Crippen molar-refractivity contribution in [1.82, 2.24) is 15.0 Å². The first-order chi connectivity index (χ1) is 17.2. The third kappa shape index (κ3) is 6.03. The summed E-state index contributed by atoms with van der Waals surface area (Å²) in [5.74, 6) is 0.00979. The highest BCUT2D eigenvalue weighted by atomic mass is 19.4. The smallest absolute Gasteiger partial charge is 0.416 e. The van der Waals surface area contributed by atoms with Crippen LogP contribution in [0.2, 0.25) is 0 Å². The molecule has 0 aliphatic rings. The topological polar surface area (TPSA) is 101 Å². The summed E-state index contributed by atoms with van der Waals surface area (Å²) >= 11 is 0. The summed E-state index contributed by atoms with van der Waals surface area (Å²) in [7, 11) is 1.70. The summed E-state index contributed by atoms with van der Waals surface area (Å²) in [4.78, 5) is 24.9. The van der Waals surface area contributed by atoms with E-state index in [0.717, 1.165) is 6.07 Å². The number of alkyl halides is 3. The van der Waals surface area contributed by atoms with Crippen LogP contribution in [0, 0.1) is 5.82 Å². The number of urea groups is 1. The van der Waals surface area contributed by atoms with E-state index in [1.165, 1.54) is 12.1 Å². The molecular weight excluding hydrogens is 480 g/mol. The molecule has 0 aliphatic carbocycles. The van der Waals surface area contributed by atoms with Crippen LogP contribution < -0.4 is 20.7 Å². The number of pyridine rings is 1. The summed E-state index contributed by atoms with van der Waals surface area (Å²) in [5, 5.41) is 7.51. The van der Waals surface area contributed by atoms with Crippen LogP contribution in [0.15, 0.2) is 73.1 Å². The molecule has 36 heavy (non-hydrogen) atoms. The van der Waals surface area contributed by atoms with Crippen molar-refractivity contribution in [2.45, 2.75) is 6.18 Å². The number of aromatic nitrogens is 3. The Morgan fingerprint density at radius 1 is 0.917 bits per heavy atom. The van der Waals surface area contributed by atoms with Gasteiger partial charge in [0.1, 0.15) is 11.6 Å². The molecule has 0 unspecified atom stereocenters. The Morgan fingerprint density at radius 3 is 2.39 bits per heavy atom. The molecule has 0 aliphatic heterocycles. The Labute approximate surface area is 202 Å². The van der Waals surface area contributed by atoms with E-state index in [4.69, 9.17) is 4.74 Å². The molecule has 0 fully saturated rings. The minimum atomic E-state index is -4.75. The zero-order valence-electron chi connectivity index (χ0n) is 18.6. The van der Waals surface area contributed by atoms with Crippen molar-refractivity contribution >= 4 is 23.4 Å². The van der Waals surface area contributed by atoms with Gasteiger partial charge in [0.15, 0.2) is 0 Å². The Kier molecular flexibility index (Phi) is 6.95. The molecule has 3 N–H and O–H groups in total. The van der Waals surface area contributed by atoms with Crippen molar-refractivity contribution in [3.63, 3.8) is 0 Å². The van der Waals surface area contributed by atoms with Gasteiger partial charge in [-0.1, -0.05) is 0 Å². The lowest BCUT2D eigenvalue weighted by molar-refractivity contribution is -0.137. The fraction of sp³-hybridized carbons (Fsp3) is 0.0833. The molecule has 0 spiro atoms. The normalized spacial score (nSPS) is 11.0. The van der Waals surface area contributed by atoms with Crippen LogP contribution >= 0.6 is 0 Å². The maximum atomic E-state index is 13.5. The third-order valence-corrected chi connectivity index (χ3v) is 4.74. The van der Waals surface area contributed by atoms with Crippen LogP contribution in [0.5, 0.6) is 11.6 Å². The summed E-state index contributed by atoms with van der Waals surface area (Å²) in [6, 6.07) is 12.3. The van der Waals surface area contributed by atoms with Crippen molar-refractivity contribution in [2.24, 2.45) is 0 Å². The third-order valence-electron chi connectivity index (χ3n) is 4.74. The second-order valence-corrected chi connectivity index (χ2v) is 7.30. The lowest BCUT2D eigenvalue weighted by Crippen LogP contribution is -2.20. The second-order valence-electron chi connectivity index (χ2n) is 7.30. The van der Waals surface area contributed by atoms with Crippen LogP contribution in [0.1, 0.15) is 5.56 Å². The molecule has 0 saturated carbocycles. The number of carbonyl (C=O) groups is 1. The predicted molar refractivity (Wildman–Crippen MR) is 125 cm³/mol. The van der Waals surface area contributed by atoms with E-state index in [1.54, 1.807) is 49.8 Å². The summed E-state index contributed by atoms with van der Waals surface area (Å²) < 4.78 is 58.0. The fourth-order valence-corrected chi connectivity index (χ4v) is 3.13. The van der Waals surface area contributed by atoms with Gasteiger partial charge in [0.2, 0.25) is 11.8 Å². The number of nitrogens with zero attached hydrogens (tertiary/aromatic N) is 3. The van der Waals surface area contributed by atoms with Gasteiger partial charge in [-0.05, 0) is 60.7 Å². The van der Waals surface area contributed by atoms with E-state index in [0.29, 0.717) is 46.7 Å². The minimum Gasteiger partial charge on any atom is -0.438 e. The van der Waals surface area contributed by atoms with Gasteiger partial charge in [0.05, 0.1) is 16.8 Å². The molecule has 12 heteroatoms. The zero-order chi connectivity index (χ0) is 25.7. The molecule has 0 bridgehead atoms. The summed E-state index contributed by atoms with van der Waals surface area (Å²) in [6.45, 7) is 0. The molecular formula is C24H18F4N6O2. The molecule has 184 valence electrons. The molecule has 0 atom stereocenters. The number of nitrogens with one attached hydrogen (secondary N) is 3. The number of rotatable bonds is 6. The highest BCUT2D eigenvalue weighted by molar-refractivity contribution is 5.99. The zero-order valence-corrected chi connectivity index (χ0v) is 18.6. The fourth-order valence-electron chi connectivity index (χ4n) is 3.13. The van der Waals surface area contributed by atoms with Gasteiger partial charge in [-0.25, -0.2) is 24.1 Å². The van der Waals surface area contributed by atoms with Gasteiger partial charge >= 0.3 is 12.2 Å². The Bertz CT molecular complexity index is 1380. The predicted octanol–water partition coefficient (Wildman–Crippen LogP) is 6.17. The molecule has 4 rings (SSSR count). The second kappa shape index (κ2) is 10.3. The number of anilines is 3. The summed E-state index contributed by atoms with van der Waals surface area (Å²) in [5.41, 5.74) is -0.00121. The molecule has 4 aromatic rings. The Hall–Kier alpha value is -4.74. The molecule has 0 saturated heterocycles. The van der Waals surface area contributed by atoms with Crippen molar-refractivity contribution in [3.05, 3.63) is 84.4 Å². The standard InChI is InChI=1S/C24H18F4N6O2/c1-29-22-31-10-8-20(34-22)19-3-2-9-30-21(19)36-18-6-4-16(5-7-18)32-23(35)33-17-12-14(24(26,27)28)11-15(25)13-17/h2-13H,1H3,(H,29,31,34)(H2,32,33,35). The van der Waals surface area contributed by atoms with Gasteiger partial charge < -0.3 is 20.7 Å². The van der Waals surface area contributed by atoms with Gasteiger partial charge in [0, 0.05) is 30.8 Å². The molecule has 2 heterocycles. The van der Waals surface area contributed by atoms with Crippen LogP contribution in [-0.4, -0.2) is 28.0 Å². The quantitative estimate of drug-likeness (QED) is 0.275. The number of hydrogen-bond acceptors (Lipinski definition) is 6. The van der Waals surface area contributed by atoms with Crippen LogP contribution in [0.3, 0.4) is 0 Å². The molecule has 2 amide bonds. The SMILES string of the molecule is CNc1nccc(-c2cccnc2Oc2ccc(NC(=O)Nc3cc(F)cc(C(F)(F)F)c3)cc2)n1. The first-order valence-electron chi connectivity index (χ1n) is 10.4. The number of carbonyl (C=O) groups excluding carboxylic acids is 1. The lowest BCUT2D eigenvalue weighted by Gasteiger charge is -2.12. The average molecular weight is 498 g/mol. The maximum Gasteiger partial charge on any atom is 0.416 e. The van der Waals surface area contributed by atoms with Gasteiger partial charge in [-0.2, -0.15) is 13.2 Å². The number of hydrogen-bond donors (Lipinski definition) is 3. The van der Waals surface area contributed by atoms with Crippen LogP contribution in [0.4, 0.5) is 39.7 Å². The van der Waals surface area contributed by atoms with E-state index in [2.05, 4.69) is 30.9 Å². The average Bonchev–Trinajstić information content (AvgIpc) is 2.84. The number of benzene rings is 2. The van der Waals surface area contributed by atoms with E-state index in [-0.39, 0.29) is 5.69 Å². The molecule has 2 aromatic carbocycles.